The van der Waals surface area contributed by atoms with Crippen molar-refractivity contribution in [3.63, 3.8) is 0 Å². The maximum Gasteiger partial charge on any atom is 0.344 e. The summed E-state index contributed by atoms with van der Waals surface area (Å²) in [5, 5.41) is 10.4. The predicted molar refractivity (Wildman–Crippen MR) is 115 cm³/mol. The Morgan fingerprint density at radius 2 is 1.81 bits per heavy atom. The number of thioether (sulfide) groups is 1. The van der Waals surface area contributed by atoms with E-state index in [4.69, 9.17) is 19.6 Å². The van der Waals surface area contributed by atoms with Gasteiger partial charge in [0.2, 0.25) is 17.7 Å². The van der Waals surface area contributed by atoms with Crippen LogP contribution in [0.25, 0.3) is 0 Å². The van der Waals surface area contributed by atoms with Crippen LogP contribution in [0.5, 0.6) is 0 Å². The number of nitrogens with two attached hydrogens (primary N) is 1. The third-order valence-corrected chi connectivity index (χ3v) is 5.15. The topological polar surface area (TPSA) is 169 Å². The van der Waals surface area contributed by atoms with Gasteiger partial charge < -0.3 is 19.6 Å². The van der Waals surface area contributed by atoms with Crippen molar-refractivity contribution < 1.29 is 33.1 Å². The van der Waals surface area contributed by atoms with E-state index in [1.54, 1.807) is 13.8 Å². The summed E-state index contributed by atoms with van der Waals surface area (Å²) in [6, 6.07) is -0.948. The minimum Gasteiger partial charge on any atom is -0.465 e. The summed E-state index contributed by atoms with van der Waals surface area (Å²) in [7, 11) is 0. The molecule has 0 radical (unpaired) electrons. The first-order valence-electron chi connectivity index (χ1n) is 9.73. The normalized spacial score (nSPS) is 11.7. The number of amides is 1. The number of hydrogen-bond acceptors (Lipinski definition) is 11. The molecule has 1 atom stereocenters. The number of rotatable bonds is 10. The Bertz CT molecular complexity index is 1030. The quantitative estimate of drug-likeness (QED) is 0.298. The van der Waals surface area contributed by atoms with Gasteiger partial charge in [-0.15, -0.1) is 10.2 Å². The van der Waals surface area contributed by atoms with Gasteiger partial charge in [0.25, 0.3) is 0 Å². The van der Waals surface area contributed by atoms with Gasteiger partial charge in [0.1, 0.15) is 17.4 Å². The molecule has 0 aromatic carbocycles. The van der Waals surface area contributed by atoms with E-state index in [2.05, 4.69) is 15.5 Å². The summed E-state index contributed by atoms with van der Waals surface area (Å²) in [6.45, 7) is 7.91. The second-order valence-corrected chi connectivity index (χ2v) is 7.43. The van der Waals surface area contributed by atoms with Gasteiger partial charge in [-0.1, -0.05) is 11.8 Å². The molecule has 0 saturated heterocycles. The molecule has 0 aliphatic rings. The number of carbonyl (C=O) groups excluding carboxylic acids is 4. The number of anilines is 2. The molecular weight excluding hydrogens is 442 g/mol. The standard InChI is InChI=1S/C19H25N5O7S/c1-6-29-12(26)8-32-19-23-22-18(20)24(19)9(3)15(27)21-16-14(17(28)30-7-2)13(10(4)25)11(5)31-16/h9H,6-8H2,1-5H3,(H2,20,22)(H,21,27). The number of aromatic nitrogens is 3. The first-order valence-corrected chi connectivity index (χ1v) is 10.7. The van der Waals surface area contributed by atoms with E-state index in [0.29, 0.717) is 0 Å². The first kappa shape index (κ1) is 24.9. The van der Waals surface area contributed by atoms with Crippen LogP contribution in [-0.2, 0) is 19.1 Å². The fourth-order valence-corrected chi connectivity index (χ4v) is 3.68. The average molecular weight is 468 g/mol. The molecule has 2 aromatic rings. The average Bonchev–Trinajstić information content (AvgIpc) is 3.25. The van der Waals surface area contributed by atoms with Crippen LogP contribution in [0, 0.1) is 6.92 Å². The van der Waals surface area contributed by atoms with Crippen LogP contribution >= 0.6 is 11.8 Å². The third kappa shape index (κ3) is 5.46. The van der Waals surface area contributed by atoms with E-state index in [0.717, 1.165) is 11.8 Å². The number of furan rings is 1. The summed E-state index contributed by atoms with van der Waals surface area (Å²) in [5.74, 6) is -2.44. The molecule has 1 amide bonds. The van der Waals surface area contributed by atoms with Gasteiger partial charge in [-0.25, -0.2) is 4.79 Å². The molecule has 2 heterocycles. The van der Waals surface area contributed by atoms with E-state index in [9.17, 15) is 19.2 Å². The van der Waals surface area contributed by atoms with Crippen molar-refractivity contribution in [2.75, 3.05) is 30.0 Å². The number of nitrogens with zero attached hydrogens (tertiary/aromatic N) is 3. The van der Waals surface area contributed by atoms with Crippen LogP contribution in [0.1, 0.15) is 60.2 Å². The maximum absolute atomic E-state index is 12.9. The second-order valence-electron chi connectivity index (χ2n) is 6.48. The summed E-state index contributed by atoms with van der Waals surface area (Å²) in [6.07, 6.45) is 0. The lowest BCUT2D eigenvalue weighted by molar-refractivity contribution is -0.139. The Morgan fingerprint density at radius 1 is 1.16 bits per heavy atom. The predicted octanol–water partition coefficient (Wildman–Crippen LogP) is 2.00. The molecule has 0 aliphatic heterocycles. The molecule has 3 N–H and O–H groups in total. The molecule has 12 nitrogen and oxygen atoms in total. The van der Waals surface area contributed by atoms with Crippen molar-refractivity contribution in [1.29, 1.82) is 0 Å². The Morgan fingerprint density at radius 3 is 2.41 bits per heavy atom. The van der Waals surface area contributed by atoms with E-state index in [-0.39, 0.29) is 52.8 Å². The minimum atomic E-state index is -0.948. The van der Waals surface area contributed by atoms with Gasteiger partial charge >= 0.3 is 11.9 Å². The number of aryl methyl sites for hydroxylation is 1. The smallest absolute Gasteiger partial charge is 0.344 e. The number of nitrogens with one attached hydrogen (secondary N) is 1. The van der Waals surface area contributed by atoms with Crippen LogP contribution in [0.4, 0.5) is 11.8 Å². The number of esters is 2. The molecule has 0 bridgehead atoms. The minimum absolute atomic E-state index is 0.0286. The SMILES string of the molecule is CCOC(=O)CSc1nnc(N)n1C(C)C(=O)Nc1oc(C)c(C(C)=O)c1C(=O)OCC. The fourth-order valence-electron chi connectivity index (χ4n) is 2.87. The summed E-state index contributed by atoms with van der Waals surface area (Å²) >= 11 is 1.01. The number of Topliss-reactive ketones (excluding diaryl/α,β-unsaturated/α-hetero) is 1. The molecule has 32 heavy (non-hydrogen) atoms. The molecule has 13 heteroatoms. The summed E-state index contributed by atoms with van der Waals surface area (Å²) in [5.41, 5.74) is 5.73. The van der Waals surface area contributed by atoms with E-state index < -0.39 is 29.7 Å². The molecule has 2 rings (SSSR count). The molecule has 0 fully saturated rings. The lowest BCUT2D eigenvalue weighted by Crippen LogP contribution is -2.26. The molecule has 0 saturated carbocycles. The van der Waals surface area contributed by atoms with Gasteiger partial charge in [0.15, 0.2) is 10.9 Å². The molecule has 1 unspecified atom stereocenters. The summed E-state index contributed by atoms with van der Waals surface area (Å²) < 4.78 is 16.7. The van der Waals surface area contributed by atoms with Crippen LogP contribution in [0.15, 0.2) is 9.57 Å². The molecule has 174 valence electrons. The highest BCUT2D eigenvalue weighted by atomic mass is 32.2. The van der Waals surface area contributed by atoms with Crippen LogP contribution in [-0.4, -0.2) is 57.4 Å². The van der Waals surface area contributed by atoms with Crippen LogP contribution < -0.4 is 11.1 Å². The highest BCUT2D eigenvalue weighted by molar-refractivity contribution is 7.99. The zero-order valence-corrected chi connectivity index (χ0v) is 19.2. The van der Waals surface area contributed by atoms with Gasteiger partial charge in [0, 0.05) is 0 Å². The van der Waals surface area contributed by atoms with Crippen molar-refractivity contribution in [2.45, 2.75) is 45.8 Å². The Labute approximate surface area is 188 Å². The molecule has 2 aromatic heterocycles. The van der Waals surface area contributed by atoms with Gasteiger partial charge in [-0.2, -0.15) is 0 Å². The monoisotopic (exact) mass is 467 g/mol. The first-order chi connectivity index (χ1) is 15.1. The highest BCUT2D eigenvalue weighted by Crippen LogP contribution is 2.30. The zero-order valence-electron chi connectivity index (χ0n) is 18.4. The molecule has 0 aliphatic carbocycles. The van der Waals surface area contributed by atoms with Crippen molar-refractivity contribution in [3.05, 3.63) is 16.9 Å². The fraction of sp³-hybridized carbons (Fsp3) is 0.474. The number of ketones is 1. The highest BCUT2D eigenvalue weighted by Gasteiger charge is 2.31. The van der Waals surface area contributed by atoms with Crippen molar-refractivity contribution in [1.82, 2.24) is 14.8 Å². The van der Waals surface area contributed by atoms with E-state index in [1.807, 2.05) is 0 Å². The zero-order chi connectivity index (χ0) is 24.0. The van der Waals surface area contributed by atoms with Crippen molar-refractivity contribution >= 4 is 47.2 Å². The third-order valence-electron chi connectivity index (χ3n) is 4.23. The lowest BCUT2D eigenvalue weighted by Gasteiger charge is -2.16. The van der Waals surface area contributed by atoms with Crippen LogP contribution in [0.3, 0.4) is 0 Å². The lowest BCUT2D eigenvalue weighted by atomic mass is 10.1. The summed E-state index contributed by atoms with van der Waals surface area (Å²) in [4.78, 5) is 49.0. The van der Waals surface area contributed by atoms with Crippen molar-refractivity contribution in [2.24, 2.45) is 0 Å². The Hall–Kier alpha value is -3.35. The number of ether oxygens (including phenoxy) is 2. The number of carbonyl (C=O) groups is 4. The van der Waals surface area contributed by atoms with Crippen molar-refractivity contribution in [3.8, 4) is 0 Å². The van der Waals surface area contributed by atoms with Gasteiger partial charge in [-0.05, 0) is 34.6 Å². The Balaban J connectivity index is 2.30. The van der Waals surface area contributed by atoms with E-state index >= 15 is 0 Å². The van der Waals surface area contributed by atoms with Gasteiger partial charge in [-0.3, -0.25) is 24.3 Å². The Kier molecular flexibility index (Phi) is 8.41. The van der Waals surface area contributed by atoms with Gasteiger partial charge in [0.05, 0.1) is 24.5 Å². The number of hydrogen-bond donors (Lipinski definition) is 2. The molecular formula is C19H25N5O7S. The largest absolute Gasteiger partial charge is 0.465 e. The maximum atomic E-state index is 12.9. The van der Waals surface area contributed by atoms with Crippen LogP contribution in [0.2, 0.25) is 0 Å². The molecule has 0 spiro atoms. The second kappa shape index (κ2) is 10.8. The van der Waals surface area contributed by atoms with E-state index in [1.165, 1.54) is 25.3 Å². The number of nitrogen functional groups attached to an aromatic ring is 1.